The molecule has 0 atom stereocenters. The van der Waals surface area contributed by atoms with Gasteiger partial charge in [0.25, 0.3) is 0 Å². The Morgan fingerprint density at radius 2 is 2.33 bits per heavy atom. The smallest absolute Gasteiger partial charge is 0.186 e. The fourth-order valence-corrected chi connectivity index (χ4v) is 4.29. The molecule has 0 fully saturated rings. The van der Waals surface area contributed by atoms with Crippen LogP contribution in [0.15, 0.2) is 26.0 Å². The van der Waals surface area contributed by atoms with Crippen molar-refractivity contribution in [2.24, 2.45) is 0 Å². The molecular formula is C11H10Br2N2O2S. The average molecular weight is 394 g/mol. The first-order valence-electron chi connectivity index (χ1n) is 5.23. The first kappa shape index (κ1) is 13.8. The van der Waals surface area contributed by atoms with E-state index < -0.39 is 0 Å². The van der Waals surface area contributed by atoms with E-state index in [2.05, 4.69) is 37.0 Å². The van der Waals surface area contributed by atoms with E-state index in [1.54, 1.807) is 17.1 Å². The number of aromatic nitrogens is 2. The molecule has 0 N–H and O–H groups in total. The number of thiophene rings is 1. The normalized spacial score (nSPS) is 10.6. The fraction of sp³-hybridized carbons (Fsp3) is 0.273. The van der Waals surface area contributed by atoms with Crippen LogP contribution in [0.4, 0.5) is 0 Å². The van der Waals surface area contributed by atoms with Gasteiger partial charge in [0, 0.05) is 5.56 Å². The molecule has 4 nitrogen and oxygen atoms in total. The van der Waals surface area contributed by atoms with Gasteiger partial charge in [-0.1, -0.05) is 0 Å². The molecule has 96 valence electrons. The fourth-order valence-electron chi connectivity index (χ4n) is 1.43. The van der Waals surface area contributed by atoms with Crippen molar-refractivity contribution in [1.29, 1.82) is 0 Å². The van der Waals surface area contributed by atoms with Crippen LogP contribution < -0.4 is 4.74 Å². The van der Waals surface area contributed by atoms with Crippen molar-refractivity contribution in [2.45, 2.75) is 13.5 Å². The maximum atomic E-state index is 12.1. The zero-order valence-corrected chi connectivity index (χ0v) is 13.5. The number of halogens is 2. The summed E-state index contributed by atoms with van der Waals surface area (Å²) in [4.78, 5) is 12.1. The van der Waals surface area contributed by atoms with Crippen molar-refractivity contribution in [3.05, 3.63) is 31.6 Å². The van der Waals surface area contributed by atoms with Crippen LogP contribution in [0.2, 0.25) is 0 Å². The SMILES string of the molecule is CCOc1cnn(CC(=O)c2cc(Br)sc2Br)c1. The minimum absolute atomic E-state index is 0.00923. The molecule has 18 heavy (non-hydrogen) atoms. The minimum atomic E-state index is 0.00923. The highest BCUT2D eigenvalue weighted by atomic mass is 79.9. The van der Waals surface area contributed by atoms with E-state index >= 15 is 0 Å². The third kappa shape index (κ3) is 3.21. The summed E-state index contributed by atoms with van der Waals surface area (Å²) in [5.41, 5.74) is 0.667. The maximum absolute atomic E-state index is 12.1. The van der Waals surface area contributed by atoms with Crippen LogP contribution in [0.1, 0.15) is 17.3 Å². The topological polar surface area (TPSA) is 44.1 Å². The molecule has 0 aliphatic rings. The van der Waals surface area contributed by atoms with Crippen molar-refractivity contribution >= 4 is 49.0 Å². The molecule has 0 aliphatic carbocycles. The first-order chi connectivity index (χ1) is 8.60. The standard InChI is InChI=1S/C11H10Br2N2O2S/c1-2-17-7-4-14-15(5-7)6-9(16)8-3-10(12)18-11(8)13/h3-5H,2,6H2,1H3. The molecule has 0 bridgehead atoms. The van der Waals surface area contributed by atoms with Gasteiger partial charge < -0.3 is 4.74 Å². The molecule has 0 saturated carbocycles. The van der Waals surface area contributed by atoms with Gasteiger partial charge in [0.2, 0.25) is 0 Å². The maximum Gasteiger partial charge on any atom is 0.186 e. The van der Waals surface area contributed by atoms with Gasteiger partial charge in [-0.15, -0.1) is 11.3 Å². The van der Waals surface area contributed by atoms with E-state index in [1.165, 1.54) is 11.3 Å². The summed E-state index contributed by atoms with van der Waals surface area (Å²) in [6, 6.07) is 1.81. The van der Waals surface area contributed by atoms with Crippen molar-refractivity contribution in [3.63, 3.8) is 0 Å². The largest absolute Gasteiger partial charge is 0.491 e. The number of nitrogens with zero attached hydrogens (tertiary/aromatic N) is 2. The van der Waals surface area contributed by atoms with Gasteiger partial charge in [0.15, 0.2) is 11.5 Å². The van der Waals surface area contributed by atoms with E-state index in [4.69, 9.17) is 4.74 Å². The molecule has 7 heteroatoms. The lowest BCUT2D eigenvalue weighted by molar-refractivity contribution is 0.0967. The Morgan fingerprint density at radius 1 is 1.56 bits per heavy atom. The minimum Gasteiger partial charge on any atom is -0.491 e. The summed E-state index contributed by atoms with van der Waals surface area (Å²) in [5.74, 6) is 0.686. The predicted molar refractivity (Wildman–Crippen MR) is 77.4 cm³/mol. The van der Waals surface area contributed by atoms with E-state index in [9.17, 15) is 4.79 Å². The molecule has 0 amide bonds. The number of ether oxygens (including phenoxy) is 1. The molecule has 2 aromatic rings. The number of carbonyl (C=O) groups is 1. The lowest BCUT2D eigenvalue weighted by Gasteiger charge is -2.00. The summed E-state index contributed by atoms with van der Waals surface area (Å²) in [5, 5.41) is 4.08. The Bertz CT molecular complexity index is 565. The Hall–Kier alpha value is -0.660. The van der Waals surface area contributed by atoms with Gasteiger partial charge >= 0.3 is 0 Å². The first-order valence-corrected chi connectivity index (χ1v) is 7.63. The van der Waals surface area contributed by atoms with Gasteiger partial charge in [-0.05, 0) is 44.8 Å². The average Bonchev–Trinajstić information content (AvgIpc) is 2.86. The number of ketones is 1. The summed E-state index contributed by atoms with van der Waals surface area (Å²) >= 11 is 8.21. The lowest BCUT2D eigenvalue weighted by Crippen LogP contribution is -2.10. The van der Waals surface area contributed by atoms with Gasteiger partial charge in [-0.3, -0.25) is 9.48 Å². The second-order valence-corrected chi connectivity index (χ2v) is 7.22. The van der Waals surface area contributed by atoms with Crippen LogP contribution in [-0.2, 0) is 6.54 Å². The summed E-state index contributed by atoms with van der Waals surface area (Å²) in [6.45, 7) is 2.69. The Kier molecular flexibility index (Phi) is 4.58. The number of Topliss-reactive ketones (excluding diaryl/α,β-unsaturated/α-hetero) is 1. The third-order valence-electron chi connectivity index (χ3n) is 2.18. The highest BCUT2D eigenvalue weighted by molar-refractivity contribution is 9.12. The summed E-state index contributed by atoms with van der Waals surface area (Å²) in [6.07, 6.45) is 3.33. The molecule has 2 heterocycles. The van der Waals surface area contributed by atoms with Crippen molar-refractivity contribution < 1.29 is 9.53 Å². The highest BCUT2D eigenvalue weighted by Crippen LogP contribution is 2.32. The Morgan fingerprint density at radius 3 is 2.94 bits per heavy atom. The zero-order chi connectivity index (χ0) is 13.1. The molecule has 0 aromatic carbocycles. The van der Waals surface area contributed by atoms with Crippen LogP contribution >= 0.6 is 43.2 Å². The van der Waals surface area contributed by atoms with Crippen molar-refractivity contribution in [3.8, 4) is 5.75 Å². The van der Waals surface area contributed by atoms with Crippen LogP contribution in [0.3, 0.4) is 0 Å². The highest BCUT2D eigenvalue weighted by Gasteiger charge is 2.14. The van der Waals surface area contributed by atoms with Gasteiger partial charge in [-0.2, -0.15) is 5.10 Å². The Balaban J connectivity index is 2.08. The molecule has 2 aromatic heterocycles. The van der Waals surface area contributed by atoms with Crippen molar-refractivity contribution in [2.75, 3.05) is 6.61 Å². The van der Waals surface area contributed by atoms with Gasteiger partial charge in [0.05, 0.1) is 26.6 Å². The zero-order valence-electron chi connectivity index (χ0n) is 9.52. The second kappa shape index (κ2) is 5.99. The molecule has 2 rings (SSSR count). The van der Waals surface area contributed by atoms with Crippen LogP contribution in [0.25, 0.3) is 0 Å². The second-order valence-electron chi connectivity index (χ2n) is 3.47. The van der Waals surface area contributed by atoms with Crippen LogP contribution in [-0.4, -0.2) is 22.2 Å². The summed E-state index contributed by atoms with van der Waals surface area (Å²) < 4.78 is 8.62. The molecule has 0 spiro atoms. The number of carbonyl (C=O) groups excluding carboxylic acids is 1. The monoisotopic (exact) mass is 392 g/mol. The molecule has 0 radical (unpaired) electrons. The van der Waals surface area contributed by atoms with Crippen LogP contribution in [0.5, 0.6) is 5.75 Å². The number of hydrogen-bond donors (Lipinski definition) is 0. The van der Waals surface area contributed by atoms with E-state index in [-0.39, 0.29) is 12.3 Å². The van der Waals surface area contributed by atoms with Gasteiger partial charge in [-0.25, -0.2) is 0 Å². The number of hydrogen-bond acceptors (Lipinski definition) is 4. The molecule has 0 aliphatic heterocycles. The van der Waals surface area contributed by atoms with E-state index in [0.717, 1.165) is 7.57 Å². The Labute approximate surface area is 125 Å². The van der Waals surface area contributed by atoms with E-state index in [0.29, 0.717) is 17.9 Å². The molecule has 0 saturated heterocycles. The molecular weight excluding hydrogens is 384 g/mol. The van der Waals surface area contributed by atoms with E-state index in [1.807, 2.05) is 13.0 Å². The summed E-state index contributed by atoms with van der Waals surface area (Å²) in [7, 11) is 0. The lowest BCUT2D eigenvalue weighted by atomic mass is 10.2. The third-order valence-corrected chi connectivity index (χ3v) is 4.52. The number of rotatable bonds is 5. The van der Waals surface area contributed by atoms with Crippen molar-refractivity contribution in [1.82, 2.24) is 9.78 Å². The van der Waals surface area contributed by atoms with Crippen LogP contribution in [0, 0.1) is 0 Å². The van der Waals surface area contributed by atoms with Gasteiger partial charge in [0.1, 0.15) is 6.54 Å². The predicted octanol–water partition coefficient (Wildman–Crippen LogP) is 3.75. The molecule has 0 unspecified atom stereocenters. The quantitative estimate of drug-likeness (QED) is 0.726.